The highest BCUT2D eigenvalue weighted by atomic mass is 16.5. The molecule has 9 nitrogen and oxygen atoms in total. The number of carbonyl (C=O) groups is 1. The minimum atomic E-state index is -0.183. The van der Waals surface area contributed by atoms with E-state index >= 15 is 0 Å². The van der Waals surface area contributed by atoms with Crippen LogP contribution in [0.3, 0.4) is 0 Å². The maximum absolute atomic E-state index is 12.6. The van der Waals surface area contributed by atoms with E-state index < -0.39 is 0 Å². The highest BCUT2D eigenvalue weighted by molar-refractivity contribution is 5.95. The van der Waals surface area contributed by atoms with Crippen molar-refractivity contribution >= 4 is 5.91 Å². The zero-order valence-electron chi connectivity index (χ0n) is 15.3. The molecule has 0 spiro atoms. The van der Waals surface area contributed by atoms with E-state index in [4.69, 9.17) is 9.47 Å². The van der Waals surface area contributed by atoms with Crippen molar-refractivity contribution in [2.75, 3.05) is 14.2 Å². The lowest BCUT2D eigenvalue weighted by Crippen LogP contribution is -2.35. The van der Waals surface area contributed by atoms with E-state index in [1.54, 1.807) is 35.3 Å². The van der Waals surface area contributed by atoms with Crippen LogP contribution in [0.15, 0.2) is 43.0 Å². The summed E-state index contributed by atoms with van der Waals surface area (Å²) in [6.45, 7) is 2.44. The van der Waals surface area contributed by atoms with Crippen LogP contribution in [0, 0.1) is 0 Å². The fraction of sp³-hybridized carbons (Fsp3) is 0.278. The van der Waals surface area contributed by atoms with E-state index in [0.29, 0.717) is 23.7 Å². The third-order valence-corrected chi connectivity index (χ3v) is 3.80. The number of aromatic nitrogens is 5. The van der Waals surface area contributed by atoms with Gasteiger partial charge in [-0.3, -0.25) is 9.48 Å². The maximum atomic E-state index is 12.6. The van der Waals surface area contributed by atoms with Gasteiger partial charge in [-0.15, -0.1) is 0 Å². The lowest BCUT2D eigenvalue weighted by Gasteiger charge is -2.14. The molecule has 140 valence electrons. The molecule has 0 aliphatic carbocycles. The Hall–Kier alpha value is -3.49. The van der Waals surface area contributed by atoms with Crippen LogP contribution in [0.5, 0.6) is 11.9 Å². The second-order valence-electron chi connectivity index (χ2n) is 5.86. The van der Waals surface area contributed by atoms with Gasteiger partial charge in [0.2, 0.25) is 5.88 Å². The summed E-state index contributed by atoms with van der Waals surface area (Å²) in [6.07, 6.45) is 3.07. The average Bonchev–Trinajstić information content (AvgIpc) is 3.20. The average molecular weight is 368 g/mol. The maximum Gasteiger partial charge on any atom is 0.320 e. The van der Waals surface area contributed by atoms with Crippen LogP contribution in [-0.2, 0) is 6.54 Å². The second-order valence-corrected chi connectivity index (χ2v) is 5.86. The number of rotatable bonds is 7. The van der Waals surface area contributed by atoms with Crippen LogP contribution < -0.4 is 14.8 Å². The fourth-order valence-corrected chi connectivity index (χ4v) is 2.53. The van der Waals surface area contributed by atoms with E-state index in [1.165, 1.54) is 20.5 Å². The summed E-state index contributed by atoms with van der Waals surface area (Å²) in [5.74, 6) is 0.200. The SMILES string of the molecule is COc1cc(-c2cccc(C(=O)NC(C)Cn3cncn3)c2)nc(OC)n1. The summed E-state index contributed by atoms with van der Waals surface area (Å²) >= 11 is 0. The smallest absolute Gasteiger partial charge is 0.320 e. The molecular formula is C18H20N6O3. The van der Waals surface area contributed by atoms with E-state index in [0.717, 1.165) is 5.56 Å². The van der Waals surface area contributed by atoms with E-state index in [2.05, 4.69) is 25.4 Å². The first kappa shape index (κ1) is 18.3. The zero-order valence-corrected chi connectivity index (χ0v) is 15.3. The lowest BCUT2D eigenvalue weighted by molar-refractivity contribution is 0.0936. The highest BCUT2D eigenvalue weighted by Gasteiger charge is 2.13. The molecule has 0 aliphatic heterocycles. The van der Waals surface area contributed by atoms with Gasteiger partial charge in [0.15, 0.2) is 0 Å². The summed E-state index contributed by atoms with van der Waals surface area (Å²) < 4.78 is 11.9. The summed E-state index contributed by atoms with van der Waals surface area (Å²) in [7, 11) is 3.00. The monoisotopic (exact) mass is 368 g/mol. The minimum absolute atomic E-state index is 0.109. The zero-order chi connectivity index (χ0) is 19.2. The van der Waals surface area contributed by atoms with Crippen molar-refractivity contribution in [1.29, 1.82) is 0 Å². The molecule has 0 fully saturated rings. The van der Waals surface area contributed by atoms with E-state index in [1.807, 2.05) is 13.0 Å². The molecule has 1 N–H and O–H groups in total. The Labute approximate surface area is 156 Å². The Morgan fingerprint density at radius 1 is 1.22 bits per heavy atom. The van der Waals surface area contributed by atoms with Crippen molar-refractivity contribution in [1.82, 2.24) is 30.0 Å². The Morgan fingerprint density at radius 2 is 2.07 bits per heavy atom. The molecule has 0 saturated heterocycles. The number of ether oxygens (including phenoxy) is 2. The van der Waals surface area contributed by atoms with Crippen molar-refractivity contribution < 1.29 is 14.3 Å². The minimum Gasteiger partial charge on any atom is -0.481 e. The number of benzene rings is 1. The van der Waals surface area contributed by atoms with Gasteiger partial charge in [0.25, 0.3) is 5.91 Å². The van der Waals surface area contributed by atoms with Crippen molar-refractivity contribution in [2.45, 2.75) is 19.5 Å². The molecule has 0 bridgehead atoms. The van der Waals surface area contributed by atoms with Crippen molar-refractivity contribution in [3.8, 4) is 23.1 Å². The number of methoxy groups -OCH3 is 2. The van der Waals surface area contributed by atoms with Crippen LogP contribution in [0.1, 0.15) is 17.3 Å². The molecule has 3 aromatic rings. The van der Waals surface area contributed by atoms with Crippen LogP contribution in [-0.4, -0.2) is 50.9 Å². The molecule has 3 rings (SSSR count). The first-order valence-corrected chi connectivity index (χ1v) is 8.30. The van der Waals surface area contributed by atoms with Crippen molar-refractivity contribution in [2.24, 2.45) is 0 Å². The molecule has 1 amide bonds. The summed E-state index contributed by atoms with van der Waals surface area (Å²) in [5.41, 5.74) is 1.88. The Kier molecular flexibility index (Phi) is 5.60. The molecule has 1 atom stereocenters. The van der Waals surface area contributed by atoms with Crippen molar-refractivity contribution in [3.05, 3.63) is 48.5 Å². The third kappa shape index (κ3) is 4.57. The largest absolute Gasteiger partial charge is 0.481 e. The van der Waals surface area contributed by atoms with Crippen LogP contribution >= 0.6 is 0 Å². The molecule has 1 aromatic carbocycles. The van der Waals surface area contributed by atoms with Gasteiger partial charge in [0.1, 0.15) is 12.7 Å². The Bertz CT molecular complexity index is 891. The number of hydrogen-bond acceptors (Lipinski definition) is 7. The van der Waals surface area contributed by atoms with E-state index in [-0.39, 0.29) is 18.0 Å². The van der Waals surface area contributed by atoms with Crippen LogP contribution in [0.25, 0.3) is 11.3 Å². The third-order valence-electron chi connectivity index (χ3n) is 3.80. The summed E-state index contributed by atoms with van der Waals surface area (Å²) in [4.78, 5) is 24.9. The number of amides is 1. The first-order chi connectivity index (χ1) is 13.1. The van der Waals surface area contributed by atoms with Gasteiger partial charge in [0, 0.05) is 23.2 Å². The molecule has 9 heteroatoms. The quantitative estimate of drug-likeness (QED) is 0.675. The van der Waals surface area contributed by atoms with Gasteiger partial charge in [-0.1, -0.05) is 12.1 Å². The highest BCUT2D eigenvalue weighted by Crippen LogP contribution is 2.24. The number of nitrogens with zero attached hydrogens (tertiary/aromatic N) is 5. The number of nitrogens with one attached hydrogen (secondary N) is 1. The van der Waals surface area contributed by atoms with Gasteiger partial charge in [-0.2, -0.15) is 15.1 Å². The molecular weight excluding hydrogens is 348 g/mol. The molecule has 2 aromatic heterocycles. The lowest BCUT2D eigenvalue weighted by atomic mass is 10.1. The van der Waals surface area contributed by atoms with Gasteiger partial charge in [-0.25, -0.2) is 4.98 Å². The van der Waals surface area contributed by atoms with Crippen molar-refractivity contribution in [3.63, 3.8) is 0 Å². The van der Waals surface area contributed by atoms with Gasteiger partial charge < -0.3 is 14.8 Å². The fourth-order valence-electron chi connectivity index (χ4n) is 2.53. The molecule has 0 aliphatic rings. The van der Waals surface area contributed by atoms with E-state index in [9.17, 15) is 4.79 Å². The van der Waals surface area contributed by atoms with Gasteiger partial charge in [-0.05, 0) is 19.1 Å². The van der Waals surface area contributed by atoms with Gasteiger partial charge in [0.05, 0.1) is 26.5 Å². The van der Waals surface area contributed by atoms with Gasteiger partial charge >= 0.3 is 6.01 Å². The predicted molar refractivity (Wildman–Crippen MR) is 97.5 cm³/mol. The molecule has 1 unspecified atom stereocenters. The normalized spacial score (nSPS) is 11.7. The summed E-state index contributed by atoms with van der Waals surface area (Å²) in [5, 5.41) is 6.99. The topological polar surface area (TPSA) is 104 Å². The molecule has 0 saturated carbocycles. The first-order valence-electron chi connectivity index (χ1n) is 8.30. The Morgan fingerprint density at radius 3 is 2.78 bits per heavy atom. The Balaban J connectivity index is 1.78. The number of carbonyl (C=O) groups excluding carboxylic acids is 1. The summed E-state index contributed by atoms with van der Waals surface area (Å²) in [6, 6.07) is 8.94. The molecule has 0 radical (unpaired) electrons. The number of hydrogen-bond donors (Lipinski definition) is 1. The molecule has 27 heavy (non-hydrogen) atoms. The predicted octanol–water partition coefficient (Wildman–Crippen LogP) is 1.57. The second kappa shape index (κ2) is 8.26. The van der Waals surface area contributed by atoms with Crippen LogP contribution in [0.2, 0.25) is 0 Å². The van der Waals surface area contributed by atoms with Crippen LogP contribution in [0.4, 0.5) is 0 Å². The standard InChI is InChI=1S/C18H20N6O3/c1-12(9-24-11-19-10-20-24)21-17(25)14-6-4-5-13(7-14)15-8-16(26-2)23-18(22-15)27-3/h4-8,10-12H,9H2,1-3H3,(H,21,25). The molecule has 2 heterocycles.